The molecule has 2 spiro atoms. The van der Waals surface area contributed by atoms with E-state index in [0.29, 0.717) is 0 Å². The van der Waals surface area contributed by atoms with Crippen molar-refractivity contribution >= 4 is 17.1 Å². The molecule has 0 radical (unpaired) electrons. The van der Waals surface area contributed by atoms with E-state index in [-0.39, 0.29) is 10.8 Å². The number of benzene rings is 6. The topological polar surface area (TPSA) is 3.24 Å². The van der Waals surface area contributed by atoms with Crippen LogP contribution in [0.3, 0.4) is 0 Å². The summed E-state index contributed by atoms with van der Waals surface area (Å²) in [6, 6.07) is 54.9. The Labute approximate surface area is 338 Å². The first-order valence-electron chi connectivity index (χ1n) is 22.6. The van der Waals surface area contributed by atoms with Gasteiger partial charge < -0.3 is 4.90 Å². The Bertz CT molecular complexity index is 2560. The van der Waals surface area contributed by atoms with Crippen molar-refractivity contribution in [1.29, 1.82) is 0 Å². The lowest BCUT2D eigenvalue weighted by atomic mass is 9.43. The summed E-state index contributed by atoms with van der Waals surface area (Å²) in [5.41, 5.74) is 19.3. The van der Waals surface area contributed by atoms with Crippen LogP contribution >= 0.6 is 0 Å². The zero-order valence-electron chi connectivity index (χ0n) is 32.9. The Morgan fingerprint density at radius 1 is 0.351 bits per heavy atom. The normalized spacial score (nSPS) is 33.8. The highest BCUT2D eigenvalue weighted by Gasteiger charge is 2.63. The SMILES string of the molecule is c1ccc(-c2ccc(N(c3ccc4c(c3)C3(c5ccccc5-4)C4CC5CC(C4)CC3C5)c3cccc4c3-c3ccccc3C43C4CC5CC(C4)CC3C5)cc2)cc1. The third-order valence-corrected chi connectivity index (χ3v) is 17.8. The van der Waals surface area contributed by atoms with E-state index < -0.39 is 0 Å². The lowest BCUT2D eigenvalue weighted by Gasteiger charge is -2.61. The first kappa shape index (κ1) is 32.1. The molecule has 0 saturated heterocycles. The summed E-state index contributed by atoms with van der Waals surface area (Å²) in [4.78, 5) is 2.69. The first-order chi connectivity index (χ1) is 28.2. The van der Waals surface area contributed by atoms with Gasteiger partial charge in [0.15, 0.2) is 0 Å². The molecule has 8 bridgehead atoms. The van der Waals surface area contributed by atoms with Gasteiger partial charge in [-0.15, -0.1) is 0 Å². The van der Waals surface area contributed by atoms with Crippen LogP contribution in [0.2, 0.25) is 0 Å². The molecule has 0 atom stereocenters. The minimum Gasteiger partial charge on any atom is -0.310 e. The van der Waals surface area contributed by atoms with Crippen LogP contribution in [0.4, 0.5) is 17.1 Å². The van der Waals surface area contributed by atoms with Crippen molar-refractivity contribution in [2.24, 2.45) is 47.3 Å². The Balaban J connectivity index is 1.000. The summed E-state index contributed by atoms with van der Waals surface area (Å²) < 4.78 is 0. The van der Waals surface area contributed by atoms with Crippen LogP contribution in [-0.2, 0) is 10.8 Å². The van der Waals surface area contributed by atoms with Gasteiger partial charge in [-0.25, -0.2) is 0 Å². The average molecular weight is 738 g/mol. The Morgan fingerprint density at radius 3 is 1.46 bits per heavy atom. The van der Waals surface area contributed by atoms with E-state index in [2.05, 4.69) is 144 Å². The zero-order chi connectivity index (χ0) is 37.0. The molecule has 0 aromatic heterocycles. The minimum atomic E-state index is 0.133. The molecular weight excluding hydrogens is 687 g/mol. The number of anilines is 3. The van der Waals surface area contributed by atoms with Crippen LogP contribution in [0.5, 0.6) is 0 Å². The molecule has 16 rings (SSSR count). The van der Waals surface area contributed by atoms with Gasteiger partial charge in [0.2, 0.25) is 0 Å². The molecule has 6 aromatic carbocycles. The van der Waals surface area contributed by atoms with Gasteiger partial charge in [0, 0.05) is 27.8 Å². The molecule has 57 heavy (non-hydrogen) atoms. The van der Waals surface area contributed by atoms with Gasteiger partial charge in [-0.1, -0.05) is 109 Å². The largest absolute Gasteiger partial charge is 0.310 e. The quantitative estimate of drug-likeness (QED) is 0.174. The second-order valence-corrected chi connectivity index (χ2v) is 20.1. The summed E-state index contributed by atoms with van der Waals surface area (Å²) in [6.45, 7) is 0. The highest BCUT2D eigenvalue weighted by atomic mass is 15.1. The molecule has 8 fully saturated rings. The molecule has 1 heteroatoms. The van der Waals surface area contributed by atoms with E-state index in [9.17, 15) is 0 Å². The van der Waals surface area contributed by atoms with Gasteiger partial charge in [0.1, 0.15) is 0 Å². The second-order valence-electron chi connectivity index (χ2n) is 20.1. The Morgan fingerprint density at radius 2 is 0.825 bits per heavy atom. The monoisotopic (exact) mass is 737 g/mol. The number of nitrogens with zero attached hydrogens (tertiary/aromatic N) is 1. The number of rotatable bonds is 4. The van der Waals surface area contributed by atoms with Crippen molar-refractivity contribution in [3.05, 3.63) is 162 Å². The first-order valence-corrected chi connectivity index (χ1v) is 22.6. The fourth-order valence-electron chi connectivity index (χ4n) is 16.5. The number of hydrogen-bond acceptors (Lipinski definition) is 1. The highest BCUT2D eigenvalue weighted by Crippen LogP contribution is 2.72. The predicted molar refractivity (Wildman–Crippen MR) is 233 cm³/mol. The number of fused-ring (bicyclic) bond motifs is 6. The summed E-state index contributed by atoms with van der Waals surface area (Å²) in [5.74, 6) is 6.73. The molecule has 10 aliphatic carbocycles. The third-order valence-electron chi connectivity index (χ3n) is 17.8. The van der Waals surface area contributed by atoms with Gasteiger partial charge >= 0.3 is 0 Å². The summed E-state index contributed by atoms with van der Waals surface area (Å²) in [7, 11) is 0. The van der Waals surface area contributed by atoms with Crippen molar-refractivity contribution < 1.29 is 0 Å². The molecule has 0 unspecified atom stereocenters. The highest BCUT2D eigenvalue weighted by molar-refractivity contribution is 5.96. The molecule has 6 aromatic rings. The van der Waals surface area contributed by atoms with Gasteiger partial charge in [0.25, 0.3) is 0 Å². The molecule has 280 valence electrons. The van der Waals surface area contributed by atoms with E-state index in [0.717, 1.165) is 47.3 Å². The van der Waals surface area contributed by atoms with Gasteiger partial charge in [-0.3, -0.25) is 0 Å². The van der Waals surface area contributed by atoms with Gasteiger partial charge in [-0.05, 0) is 192 Å². The minimum absolute atomic E-state index is 0.133. The fraction of sp³-hybridized carbons (Fsp3) is 0.357. The predicted octanol–water partition coefficient (Wildman–Crippen LogP) is 14.3. The summed E-state index contributed by atoms with van der Waals surface area (Å²) in [6.07, 6.45) is 14.2. The second kappa shape index (κ2) is 11.4. The molecular formula is C56H51N. The van der Waals surface area contributed by atoms with Crippen LogP contribution in [0.25, 0.3) is 33.4 Å². The van der Waals surface area contributed by atoms with Crippen molar-refractivity contribution in [2.45, 2.75) is 75.0 Å². The Hall–Kier alpha value is -4.88. The standard InChI is InChI=1S/C56H51N/c1-2-9-38(10-3-1)39-17-19-44(20-18-39)57(45-21-22-47-46-11-4-6-13-49(46)56(52(47)33-45)42-29-36-24-37(31-42)32-43(56)30-36)53-16-8-15-51-54(53)48-12-5-7-14-50(48)55(51)40-25-34-23-35(27-40)28-41(55)26-34/h1-22,33-37,40-43H,23-32H2. The molecule has 0 N–H and O–H groups in total. The molecule has 8 saturated carbocycles. The summed E-state index contributed by atoms with van der Waals surface area (Å²) >= 11 is 0. The Kier molecular flexibility index (Phi) is 6.43. The van der Waals surface area contributed by atoms with Crippen LogP contribution < -0.4 is 4.90 Å². The van der Waals surface area contributed by atoms with Crippen LogP contribution in [-0.4, -0.2) is 0 Å². The van der Waals surface area contributed by atoms with Crippen molar-refractivity contribution in [3.63, 3.8) is 0 Å². The zero-order valence-corrected chi connectivity index (χ0v) is 32.9. The van der Waals surface area contributed by atoms with Crippen LogP contribution in [0, 0.1) is 47.3 Å². The summed E-state index contributed by atoms with van der Waals surface area (Å²) in [5, 5.41) is 0. The molecule has 0 aliphatic heterocycles. The number of hydrogen-bond donors (Lipinski definition) is 0. The van der Waals surface area contributed by atoms with E-state index in [1.807, 2.05) is 0 Å². The van der Waals surface area contributed by atoms with Crippen LogP contribution in [0.15, 0.2) is 140 Å². The van der Waals surface area contributed by atoms with Crippen molar-refractivity contribution in [3.8, 4) is 33.4 Å². The maximum Gasteiger partial charge on any atom is 0.0543 e. The van der Waals surface area contributed by atoms with Gasteiger partial charge in [-0.2, -0.15) is 0 Å². The molecule has 0 heterocycles. The maximum absolute atomic E-state index is 2.71. The molecule has 0 amide bonds. The van der Waals surface area contributed by atoms with E-state index in [1.54, 1.807) is 22.3 Å². The third kappa shape index (κ3) is 4.07. The lowest BCUT2D eigenvalue weighted by Crippen LogP contribution is -2.55. The fourth-order valence-corrected chi connectivity index (χ4v) is 16.5. The van der Waals surface area contributed by atoms with Crippen LogP contribution in [0.1, 0.15) is 86.5 Å². The molecule has 1 nitrogen and oxygen atoms in total. The van der Waals surface area contributed by atoms with E-state index in [4.69, 9.17) is 0 Å². The molecule has 10 aliphatic rings. The van der Waals surface area contributed by atoms with E-state index in [1.165, 1.54) is 115 Å². The lowest BCUT2D eigenvalue weighted by molar-refractivity contribution is -0.0399. The maximum atomic E-state index is 2.71. The van der Waals surface area contributed by atoms with E-state index >= 15 is 0 Å². The van der Waals surface area contributed by atoms with Crippen molar-refractivity contribution in [1.82, 2.24) is 0 Å². The average Bonchev–Trinajstić information content (AvgIpc) is 3.71. The van der Waals surface area contributed by atoms with Gasteiger partial charge in [0.05, 0.1) is 5.69 Å². The van der Waals surface area contributed by atoms with Crippen molar-refractivity contribution in [2.75, 3.05) is 4.90 Å². The smallest absolute Gasteiger partial charge is 0.0543 e.